The van der Waals surface area contributed by atoms with E-state index in [0.29, 0.717) is 44.6 Å². The van der Waals surface area contributed by atoms with E-state index >= 15 is 0 Å². The highest BCUT2D eigenvalue weighted by atomic mass is 16.7. The van der Waals surface area contributed by atoms with Gasteiger partial charge in [-0.2, -0.15) is 0 Å². The highest BCUT2D eigenvalue weighted by Crippen LogP contribution is 2.51. The van der Waals surface area contributed by atoms with Gasteiger partial charge in [-0.1, -0.05) is 6.92 Å². The summed E-state index contributed by atoms with van der Waals surface area (Å²) in [5, 5.41) is 0. The summed E-state index contributed by atoms with van der Waals surface area (Å²) in [5.41, 5.74) is -1.42. The van der Waals surface area contributed by atoms with Gasteiger partial charge in [-0.3, -0.25) is 14.4 Å². The molecule has 6 atom stereocenters. The van der Waals surface area contributed by atoms with E-state index in [1.807, 2.05) is 20.8 Å². The molecule has 3 heterocycles. The van der Waals surface area contributed by atoms with Crippen molar-refractivity contribution in [3.8, 4) is 0 Å². The second kappa shape index (κ2) is 8.72. The van der Waals surface area contributed by atoms with Crippen molar-refractivity contribution in [2.45, 2.75) is 103 Å². The van der Waals surface area contributed by atoms with Gasteiger partial charge in [-0.15, -0.1) is 0 Å². The minimum absolute atomic E-state index is 0.133. The Morgan fingerprint density at radius 1 is 1.19 bits per heavy atom. The Hall–Kier alpha value is -1.63. The lowest BCUT2D eigenvalue weighted by molar-refractivity contribution is -0.197. The predicted molar refractivity (Wildman–Crippen MR) is 111 cm³/mol. The largest absolute Gasteiger partial charge is 0.462 e. The van der Waals surface area contributed by atoms with E-state index in [9.17, 15) is 14.4 Å². The van der Waals surface area contributed by atoms with Crippen molar-refractivity contribution in [3.05, 3.63) is 0 Å². The lowest BCUT2D eigenvalue weighted by Gasteiger charge is -2.46. The third-order valence-corrected chi connectivity index (χ3v) is 7.54. The van der Waals surface area contributed by atoms with Crippen LogP contribution in [0.25, 0.3) is 0 Å². The van der Waals surface area contributed by atoms with Gasteiger partial charge in [0.25, 0.3) is 0 Å². The Morgan fingerprint density at radius 3 is 2.71 bits per heavy atom. The van der Waals surface area contributed by atoms with Gasteiger partial charge >= 0.3 is 17.9 Å². The van der Waals surface area contributed by atoms with Crippen molar-refractivity contribution in [2.75, 3.05) is 6.61 Å². The van der Waals surface area contributed by atoms with Crippen molar-refractivity contribution >= 4 is 17.9 Å². The number of carbonyl (C=O) groups is 3. The van der Waals surface area contributed by atoms with Gasteiger partial charge in [0.05, 0.1) is 23.9 Å². The van der Waals surface area contributed by atoms with Crippen molar-refractivity contribution in [2.24, 2.45) is 23.2 Å². The highest BCUT2D eigenvalue weighted by molar-refractivity contribution is 5.79. The molecule has 2 saturated carbocycles. The summed E-state index contributed by atoms with van der Waals surface area (Å²) in [5.74, 6) is -0.936. The summed E-state index contributed by atoms with van der Waals surface area (Å²) < 4.78 is 22.9. The zero-order valence-corrected chi connectivity index (χ0v) is 19.0. The first-order chi connectivity index (χ1) is 14.7. The summed E-state index contributed by atoms with van der Waals surface area (Å²) >= 11 is 0. The van der Waals surface area contributed by atoms with E-state index in [-0.39, 0.29) is 29.9 Å². The normalized spacial score (nSPS) is 35.8. The summed E-state index contributed by atoms with van der Waals surface area (Å²) in [6.45, 7) is 6.18. The molecular weight excluding hydrogens is 400 g/mol. The standard InChI is InChI=1S/C24H36O7/c1-4-16(12-23(2,3)22(27)30-19-7-5-6-8-28-19)21(26)31-24-11-15-9-17(13-24)20(25)29-18(10-15)14-24/h15-19H,4-14H2,1-3H3. The number of fused-ring (bicyclic) bond motifs is 1. The van der Waals surface area contributed by atoms with Crippen LogP contribution in [0, 0.1) is 23.2 Å². The molecule has 5 fully saturated rings. The minimum atomic E-state index is -0.821. The first kappa shape index (κ1) is 22.6. The van der Waals surface area contributed by atoms with Crippen LogP contribution in [0.1, 0.15) is 85.0 Å². The topological polar surface area (TPSA) is 88.1 Å². The number of rotatable bonds is 7. The monoisotopic (exact) mass is 436 g/mol. The van der Waals surface area contributed by atoms with E-state index in [0.717, 1.165) is 32.1 Å². The molecule has 0 aromatic carbocycles. The first-order valence-electron chi connectivity index (χ1n) is 12.0. The molecule has 31 heavy (non-hydrogen) atoms. The van der Waals surface area contributed by atoms with Crippen molar-refractivity contribution < 1.29 is 33.3 Å². The molecule has 0 N–H and O–H groups in total. The fraction of sp³-hybridized carbons (Fsp3) is 0.875. The Labute approximate surface area is 184 Å². The van der Waals surface area contributed by atoms with E-state index < -0.39 is 23.2 Å². The van der Waals surface area contributed by atoms with Crippen LogP contribution in [-0.2, 0) is 33.3 Å². The molecule has 4 bridgehead atoms. The van der Waals surface area contributed by atoms with Crippen molar-refractivity contribution in [1.29, 1.82) is 0 Å². The second-order valence-electron chi connectivity index (χ2n) is 10.7. The van der Waals surface area contributed by atoms with Crippen molar-refractivity contribution in [3.63, 3.8) is 0 Å². The number of carbonyl (C=O) groups excluding carboxylic acids is 3. The number of ether oxygens (including phenoxy) is 4. The maximum absolute atomic E-state index is 13.2. The van der Waals surface area contributed by atoms with Crippen molar-refractivity contribution in [1.82, 2.24) is 0 Å². The Morgan fingerprint density at radius 2 is 2.00 bits per heavy atom. The molecule has 3 aliphatic heterocycles. The summed E-state index contributed by atoms with van der Waals surface area (Å²) in [6.07, 6.45) is 6.68. The van der Waals surface area contributed by atoms with Crippen LogP contribution in [0.4, 0.5) is 0 Å². The number of esters is 3. The van der Waals surface area contributed by atoms with Gasteiger partial charge in [0.1, 0.15) is 11.7 Å². The van der Waals surface area contributed by atoms with Crippen LogP contribution in [0.2, 0.25) is 0 Å². The average Bonchev–Trinajstić information content (AvgIpc) is 2.87. The van der Waals surface area contributed by atoms with Gasteiger partial charge < -0.3 is 18.9 Å². The zero-order valence-electron chi connectivity index (χ0n) is 19.0. The molecule has 0 amide bonds. The van der Waals surface area contributed by atoms with E-state index in [1.165, 1.54) is 0 Å². The quantitative estimate of drug-likeness (QED) is 0.441. The second-order valence-corrected chi connectivity index (χ2v) is 10.7. The molecule has 3 saturated heterocycles. The SMILES string of the molecule is CCC(CC(C)(C)C(=O)OC1CCCCO1)C(=O)OC12CC3CC(C1)OC(=O)C(C3)C2. The number of hydrogen-bond donors (Lipinski definition) is 0. The Kier molecular flexibility index (Phi) is 6.35. The summed E-state index contributed by atoms with van der Waals surface area (Å²) in [4.78, 5) is 38.3. The zero-order chi connectivity index (χ0) is 22.2. The van der Waals surface area contributed by atoms with Gasteiger partial charge in [0.15, 0.2) is 0 Å². The molecule has 5 aliphatic rings. The summed E-state index contributed by atoms with van der Waals surface area (Å²) in [7, 11) is 0. The van der Waals surface area contributed by atoms with Gasteiger partial charge in [-0.25, -0.2) is 0 Å². The lowest BCUT2D eigenvalue weighted by Crippen LogP contribution is -2.49. The van der Waals surface area contributed by atoms with Crippen LogP contribution in [0.15, 0.2) is 0 Å². The highest BCUT2D eigenvalue weighted by Gasteiger charge is 2.55. The molecule has 6 unspecified atom stereocenters. The molecule has 0 spiro atoms. The number of hydrogen-bond acceptors (Lipinski definition) is 7. The van der Waals surface area contributed by atoms with Crippen LogP contribution >= 0.6 is 0 Å². The molecule has 0 radical (unpaired) electrons. The maximum Gasteiger partial charge on any atom is 0.313 e. The molecule has 174 valence electrons. The molecular formula is C24H36O7. The molecule has 5 rings (SSSR count). The van der Waals surface area contributed by atoms with E-state index in [1.54, 1.807) is 0 Å². The van der Waals surface area contributed by atoms with Gasteiger partial charge in [-0.05, 0) is 64.7 Å². The van der Waals surface area contributed by atoms with E-state index in [4.69, 9.17) is 18.9 Å². The Balaban J connectivity index is 1.39. The van der Waals surface area contributed by atoms with Crippen LogP contribution in [0.3, 0.4) is 0 Å². The third-order valence-electron chi connectivity index (χ3n) is 7.54. The molecule has 7 nitrogen and oxygen atoms in total. The minimum Gasteiger partial charge on any atom is -0.462 e. The third kappa shape index (κ3) is 4.91. The van der Waals surface area contributed by atoms with Gasteiger partial charge in [0.2, 0.25) is 6.29 Å². The maximum atomic E-state index is 13.2. The molecule has 2 aliphatic carbocycles. The molecule has 0 aromatic heterocycles. The van der Waals surface area contributed by atoms with Crippen LogP contribution in [-0.4, -0.2) is 42.5 Å². The van der Waals surface area contributed by atoms with E-state index in [2.05, 4.69) is 0 Å². The predicted octanol–water partition coefficient (Wildman–Crippen LogP) is 3.92. The summed E-state index contributed by atoms with van der Waals surface area (Å²) in [6, 6.07) is 0. The van der Waals surface area contributed by atoms with Gasteiger partial charge in [0, 0.05) is 19.3 Å². The van der Waals surface area contributed by atoms with Crippen LogP contribution in [0.5, 0.6) is 0 Å². The smallest absolute Gasteiger partial charge is 0.313 e. The lowest BCUT2D eigenvalue weighted by atomic mass is 9.65. The molecule has 7 heteroatoms. The fourth-order valence-corrected chi connectivity index (χ4v) is 5.97. The fourth-order valence-electron chi connectivity index (χ4n) is 5.97. The average molecular weight is 437 g/mol. The first-order valence-corrected chi connectivity index (χ1v) is 12.0. The Bertz CT molecular complexity index is 711. The van der Waals surface area contributed by atoms with Crippen LogP contribution < -0.4 is 0 Å². The molecule has 0 aromatic rings.